The van der Waals surface area contributed by atoms with Crippen molar-refractivity contribution in [3.8, 4) is 17.2 Å². The minimum Gasteiger partial charge on any atom is -0.486 e. The first-order chi connectivity index (χ1) is 22.0. The molecule has 1 aliphatic rings. The highest BCUT2D eigenvalue weighted by molar-refractivity contribution is 5.67. The first-order valence-corrected chi connectivity index (χ1v) is 15.2. The SMILES string of the molecule is CC1C=C(N)C=CC1Oc1ccc(N(CCN(c2ccccc2)c2ccc(Oc3ccc(N)cc3)cc2)c2ccccc2)cc1. The lowest BCUT2D eigenvalue weighted by Crippen LogP contribution is -2.30. The van der Waals surface area contributed by atoms with E-state index in [2.05, 4.69) is 89.5 Å². The lowest BCUT2D eigenvalue weighted by atomic mass is 9.98. The number of nitrogen functional groups attached to an aromatic ring is 1. The molecule has 6 heteroatoms. The van der Waals surface area contributed by atoms with Crippen LogP contribution >= 0.6 is 0 Å². The molecule has 0 spiro atoms. The first-order valence-electron chi connectivity index (χ1n) is 15.2. The van der Waals surface area contributed by atoms with Crippen LogP contribution in [-0.2, 0) is 0 Å². The van der Waals surface area contributed by atoms with Crippen LogP contribution in [0.15, 0.2) is 157 Å². The van der Waals surface area contributed by atoms with Crippen molar-refractivity contribution in [1.82, 2.24) is 0 Å². The predicted molar refractivity (Wildman–Crippen MR) is 186 cm³/mol. The van der Waals surface area contributed by atoms with Crippen molar-refractivity contribution in [3.63, 3.8) is 0 Å². The highest BCUT2D eigenvalue weighted by Crippen LogP contribution is 2.32. The number of hydrogen-bond donors (Lipinski definition) is 2. The van der Waals surface area contributed by atoms with Crippen molar-refractivity contribution >= 4 is 28.4 Å². The van der Waals surface area contributed by atoms with E-state index in [0.29, 0.717) is 5.69 Å². The quantitative estimate of drug-likeness (QED) is 0.149. The molecule has 0 saturated heterocycles. The average molecular weight is 595 g/mol. The summed E-state index contributed by atoms with van der Waals surface area (Å²) in [5.41, 5.74) is 17.7. The van der Waals surface area contributed by atoms with Gasteiger partial charge in [-0.15, -0.1) is 0 Å². The summed E-state index contributed by atoms with van der Waals surface area (Å²) in [6.07, 6.45) is 5.93. The highest BCUT2D eigenvalue weighted by Gasteiger charge is 2.19. The molecule has 45 heavy (non-hydrogen) atoms. The van der Waals surface area contributed by atoms with Crippen LogP contribution < -0.4 is 30.7 Å². The smallest absolute Gasteiger partial charge is 0.127 e. The number of nitrogens with two attached hydrogens (primary N) is 2. The molecule has 6 rings (SSSR count). The molecule has 0 amide bonds. The van der Waals surface area contributed by atoms with Gasteiger partial charge in [-0.3, -0.25) is 0 Å². The number of ether oxygens (including phenoxy) is 2. The summed E-state index contributed by atoms with van der Waals surface area (Å²) in [6, 6.07) is 44.9. The molecule has 2 unspecified atom stereocenters. The molecule has 5 aromatic rings. The van der Waals surface area contributed by atoms with Crippen LogP contribution in [0.25, 0.3) is 0 Å². The molecule has 5 aromatic carbocycles. The number of nitrogens with zero attached hydrogens (tertiary/aromatic N) is 2. The topological polar surface area (TPSA) is 77.0 Å². The molecular weight excluding hydrogens is 556 g/mol. The fraction of sp³-hybridized carbons (Fsp3) is 0.128. The molecule has 6 nitrogen and oxygen atoms in total. The largest absolute Gasteiger partial charge is 0.486 e. The summed E-state index contributed by atoms with van der Waals surface area (Å²) >= 11 is 0. The summed E-state index contributed by atoms with van der Waals surface area (Å²) in [5.74, 6) is 2.55. The summed E-state index contributed by atoms with van der Waals surface area (Å²) in [4.78, 5) is 4.67. The average Bonchev–Trinajstić information content (AvgIpc) is 3.07. The summed E-state index contributed by atoms with van der Waals surface area (Å²) in [6.45, 7) is 3.61. The lowest BCUT2D eigenvalue weighted by Gasteiger charge is -2.31. The molecule has 226 valence electrons. The Morgan fingerprint density at radius 3 is 1.49 bits per heavy atom. The summed E-state index contributed by atoms with van der Waals surface area (Å²) < 4.78 is 12.3. The molecule has 0 aromatic heterocycles. The Kier molecular flexibility index (Phi) is 9.02. The Hall–Kier alpha value is -5.62. The van der Waals surface area contributed by atoms with E-state index in [1.165, 1.54) is 0 Å². The zero-order valence-electron chi connectivity index (χ0n) is 25.4. The Morgan fingerprint density at radius 1 is 0.556 bits per heavy atom. The fourth-order valence-corrected chi connectivity index (χ4v) is 5.44. The first kappa shape index (κ1) is 29.5. The van der Waals surface area contributed by atoms with Crippen molar-refractivity contribution in [2.24, 2.45) is 11.7 Å². The Morgan fingerprint density at radius 2 is 1.00 bits per heavy atom. The minimum absolute atomic E-state index is 0.0453. The van der Waals surface area contributed by atoms with Gasteiger partial charge in [0.15, 0.2) is 0 Å². The van der Waals surface area contributed by atoms with Gasteiger partial charge in [-0.2, -0.15) is 0 Å². The second-order valence-electron chi connectivity index (χ2n) is 11.1. The Labute approximate surface area is 265 Å². The van der Waals surface area contributed by atoms with Crippen LogP contribution in [0, 0.1) is 5.92 Å². The van der Waals surface area contributed by atoms with Gasteiger partial charge in [-0.25, -0.2) is 0 Å². The van der Waals surface area contributed by atoms with Crippen LogP contribution in [0.4, 0.5) is 28.4 Å². The van der Waals surface area contributed by atoms with Gasteiger partial charge in [0.2, 0.25) is 0 Å². The number of para-hydroxylation sites is 2. The molecular formula is C39H38N4O2. The maximum Gasteiger partial charge on any atom is 0.127 e. The third kappa shape index (κ3) is 7.48. The number of rotatable bonds is 11. The van der Waals surface area contributed by atoms with Crippen LogP contribution in [-0.4, -0.2) is 19.2 Å². The fourth-order valence-electron chi connectivity index (χ4n) is 5.44. The van der Waals surface area contributed by atoms with Crippen LogP contribution in [0.3, 0.4) is 0 Å². The van der Waals surface area contributed by atoms with Crippen molar-refractivity contribution in [1.29, 1.82) is 0 Å². The molecule has 2 atom stereocenters. The number of benzene rings is 5. The molecule has 0 saturated carbocycles. The van der Waals surface area contributed by atoms with Gasteiger partial charge in [0, 0.05) is 53.1 Å². The molecule has 0 radical (unpaired) electrons. The Balaban J connectivity index is 1.22. The molecule has 1 aliphatic carbocycles. The molecule has 0 heterocycles. The van der Waals surface area contributed by atoms with E-state index in [-0.39, 0.29) is 12.0 Å². The van der Waals surface area contributed by atoms with E-state index in [1.807, 2.05) is 78.9 Å². The number of allylic oxidation sites excluding steroid dienone is 1. The van der Waals surface area contributed by atoms with E-state index in [1.54, 1.807) is 0 Å². The van der Waals surface area contributed by atoms with Gasteiger partial charge >= 0.3 is 0 Å². The van der Waals surface area contributed by atoms with E-state index >= 15 is 0 Å². The van der Waals surface area contributed by atoms with E-state index in [0.717, 1.165) is 58.8 Å². The van der Waals surface area contributed by atoms with Gasteiger partial charge in [0.25, 0.3) is 0 Å². The van der Waals surface area contributed by atoms with Crippen LogP contribution in [0.5, 0.6) is 17.2 Å². The van der Waals surface area contributed by atoms with Gasteiger partial charge < -0.3 is 30.7 Å². The number of hydrogen-bond acceptors (Lipinski definition) is 6. The normalized spacial score (nSPS) is 15.6. The maximum absolute atomic E-state index is 6.29. The van der Waals surface area contributed by atoms with Gasteiger partial charge in [0.05, 0.1) is 0 Å². The van der Waals surface area contributed by atoms with Crippen molar-refractivity contribution in [3.05, 3.63) is 157 Å². The van der Waals surface area contributed by atoms with E-state index in [9.17, 15) is 0 Å². The summed E-state index contributed by atoms with van der Waals surface area (Å²) in [5, 5.41) is 0. The third-order valence-corrected chi connectivity index (χ3v) is 7.82. The zero-order valence-corrected chi connectivity index (χ0v) is 25.4. The second-order valence-corrected chi connectivity index (χ2v) is 11.1. The van der Waals surface area contributed by atoms with Crippen LogP contribution in [0.1, 0.15) is 6.92 Å². The third-order valence-electron chi connectivity index (χ3n) is 7.82. The second kappa shape index (κ2) is 13.8. The van der Waals surface area contributed by atoms with Crippen molar-refractivity contribution in [2.75, 3.05) is 28.6 Å². The van der Waals surface area contributed by atoms with Gasteiger partial charge in [-0.1, -0.05) is 49.4 Å². The molecule has 0 bridgehead atoms. The molecule has 4 N–H and O–H groups in total. The van der Waals surface area contributed by atoms with Crippen molar-refractivity contribution in [2.45, 2.75) is 13.0 Å². The highest BCUT2D eigenvalue weighted by atomic mass is 16.5. The van der Waals surface area contributed by atoms with Crippen molar-refractivity contribution < 1.29 is 9.47 Å². The van der Waals surface area contributed by atoms with E-state index in [4.69, 9.17) is 20.9 Å². The molecule has 0 aliphatic heterocycles. The number of anilines is 5. The molecule has 0 fully saturated rings. The summed E-state index contributed by atoms with van der Waals surface area (Å²) in [7, 11) is 0. The zero-order chi connectivity index (χ0) is 31.0. The van der Waals surface area contributed by atoms with Crippen LogP contribution in [0.2, 0.25) is 0 Å². The predicted octanol–water partition coefficient (Wildman–Crippen LogP) is 8.83. The minimum atomic E-state index is -0.0453. The monoisotopic (exact) mass is 594 g/mol. The standard InChI is InChI=1S/C39H38N4O2/c1-29-28-31(41)14-25-39(29)45-38-23-17-35(18-24-38)43(33-10-6-3-7-11-33)27-26-42(32-8-4-2-5-9-32)34-15-21-37(22-16-34)44-36-19-12-30(40)13-20-36/h2-25,28-29,39H,26-27,40-41H2,1H3. The Bertz CT molecular complexity index is 1720. The maximum atomic E-state index is 6.29. The van der Waals surface area contributed by atoms with E-state index < -0.39 is 0 Å². The van der Waals surface area contributed by atoms with Gasteiger partial charge in [-0.05, 0) is 109 Å². The lowest BCUT2D eigenvalue weighted by molar-refractivity contribution is 0.209. The van der Waals surface area contributed by atoms with Gasteiger partial charge in [0.1, 0.15) is 23.4 Å².